The van der Waals surface area contributed by atoms with E-state index in [1.165, 1.54) is 0 Å². The van der Waals surface area contributed by atoms with Crippen molar-refractivity contribution in [1.29, 1.82) is 0 Å². The van der Waals surface area contributed by atoms with Crippen molar-refractivity contribution in [2.75, 3.05) is 11.9 Å². The zero-order valence-corrected chi connectivity index (χ0v) is 9.09. The summed E-state index contributed by atoms with van der Waals surface area (Å²) in [6.45, 7) is 0.296. The number of aliphatic carboxylic acids is 1. The molecule has 88 valence electrons. The third kappa shape index (κ3) is 3.07. The first kappa shape index (κ1) is 11.2. The number of carboxylic acid groups (broad SMARTS) is 1. The number of hydrogen-bond acceptors (Lipinski definition) is 4. The zero-order valence-electron chi connectivity index (χ0n) is 9.09. The van der Waals surface area contributed by atoms with E-state index in [4.69, 9.17) is 9.52 Å². The lowest BCUT2D eigenvalue weighted by Crippen LogP contribution is -2.07. The molecule has 0 unspecified atom stereocenters. The Balaban J connectivity index is 1.99. The highest BCUT2D eigenvalue weighted by Crippen LogP contribution is 2.19. The second-order valence-electron chi connectivity index (χ2n) is 3.47. The maximum Gasteiger partial charge on any atom is 0.305 e. The molecular formula is C12H12N2O3. The minimum absolute atomic E-state index is 0.0308. The van der Waals surface area contributed by atoms with Crippen LogP contribution in [-0.4, -0.2) is 22.6 Å². The van der Waals surface area contributed by atoms with Crippen molar-refractivity contribution < 1.29 is 14.3 Å². The Morgan fingerprint density at radius 2 is 2.12 bits per heavy atom. The summed E-state index contributed by atoms with van der Waals surface area (Å²) in [7, 11) is 0. The fourth-order valence-corrected chi connectivity index (χ4v) is 1.37. The normalized spacial score (nSPS) is 10.1. The van der Waals surface area contributed by atoms with Gasteiger partial charge in [0.05, 0.1) is 6.42 Å². The van der Waals surface area contributed by atoms with Gasteiger partial charge in [-0.25, -0.2) is 0 Å². The molecule has 1 heterocycles. The molecular weight excluding hydrogens is 220 g/mol. The predicted octanol–water partition coefficient (Wildman–Crippen LogP) is 2.23. The van der Waals surface area contributed by atoms with E-state index in [-0.39, 0.29) is 6.42 Å². The van der Waals surface area contributed by atoms with Gasteiger partial charge < -0.3 is 14.8 Å². The molecule has 0 saturated carbocycles. The van der Waals surface area contributed by atoms with Crippen molar-refractivity contribution in [3.8, 4) is 11.3 Å². The molecule has 0 radical (unpaired) electrons. The highest BCUT2D eigenvalue weighted by atomic mass is 16.4. The smallest absolute Gasteiger partial charge is 0.305 e. The van der Waals surface area contributed by atoms with Crippen molar-refractivity contribution in [3.63, 3.8) is 0 Å². The van der Waals surface area contributed by atoms with Crippen molar-refractivity contribution in [2.24, 2.45) is 0 Å². The van der Waals surface area contributed by atoms with Gasteiger partial charge >= 0.3 is 5.97 Å². The number of oxazole rings is 1. The van der Waals surface area contributed by atoms with E-state index in [2.05, 4.69) is 10.3 Å². The molecule has 1 aromatic carbocycles. The molecule has 2 N–H and O–H groups in total. The van der Waals surface area contributed by atoms with Crippen LogP contribution in [0.25, 0.3) is 11.3 Å². The molecule has 5 heteroatoms. The molecule has 0 aliphatic heterocycles. The van der Waals surface area contributed by atoms with Crippen LogP contribution in [0.15, 0.2) is 41.0 Å². The van der Waals surface area contributed by atoms with E-state index < -0.39 is 5.97 Å². The SMILES string of the molecule is O=C(O)CCNc1nc(-c2ccccc2)co1. The molecule has 0 bridgehead atoms. The first-order valence-corrected chi connectivity index (χ1v) is 5.22. The molecule has 5 nitrogen and oxygen atoms in total. The van der Waals surface area contributed by atoms with Gasteiger partial charge in [0.1, 0.15) is 12.0 Å². The molecule has 0 aliphatic carbocycles. The molecule has 0 saturated heterocycles. The van der Waals surface area contributed by atoms with E-state index in [0.717, 1.165) is 11.3 Å². The molecule has 0 amide bonds. The average molecular weight is 232 g/mol. The predicted molar refractivity (Wildman–Crippen MR) is 62.7 cm³/mol. The third-order valence-corrected chi connectivity index (χ3v) is 2.19. The summed E-state index contributed by atoms with van der Waals surface area (Å²) in [5.41, 5.74) is 1.69. The molecule has 2 rings (SSSR count). The van der Waals surface area contributed by atoms with Crippen LogP contribution in [0.3, 0.4) is 0 Å². The Hall–Kier alpha value is -2.30. The largest absolute Gasteiger partial charge is 0.481 e. The summed E-state index contributed by atoms with van der Waals surface area (Å²) in [5, 5.41) is 11.3. The summed E-state index contributed by atoms with van der Waals surface area (Å²) in [6, 6.07) is 9.96. The van der Waals surface area contributed by atoms with E-state index in [1.54, 1.807) is 6.26 Å². The Bertz CT molecular complexity index is 493. The average Bonchev–Trinajstić information content (AvgIpc) is 2.78. The van der Waals surface area contributed by atoms with Gasteiger partial charge in [-0.2, -0.15) is 4.98 Å². The van der Waals surface area contributed by atoms with Crippen molar-refractivity contribution in [2.45, 2.75) is 6.42 Å². The number of nitrogens with zero attached hydrogens (tertiary/aromatic N) is 1. The first-order valence-electron chi connectivity index (χ1n) is 5.22. The number of anilines is 1. The fraction of sp³-hybridized carbons (Fsp3) is 0.167. The lowest BCUT2D eigenvalue weighted by atomic mass is 10.2. The van der Waals surface area contributed by atoms with Crippen LogP contribution < -0.4 is 5.32 Å². The standard InChI is InChI=1S/C12H12N2O3/c15-11(16)6-7-13-12-14-10(8-17-12)9-4-2-1-3-5-9/h1-5,8H,6-7H2,(H,13,14)(H,15,16). The van der Waals surface area contributed by atoms with Crippen LogP contribution in [0.2, 0.25) is 0 Å². The van der Waals surface area contributed by atoms with E-state index in [9.17, 15) is 4.79 Å². The highest BCUT2D eigenvalue weighted by molar-refractivity contribution is 5.67. The van der Waals surface area contributed by atoms with E-state index >= 15 is 0 Å². The second-order valence-corrected chi connectivity index (χ2v) is 3.47. The van der Waals surface area contributed by atoms with Crippen LogP contribution in [-0.2, 0) is 4.79 Å². The van der Waals surface area contributed by atoms with Gasteiger partial charge in [0, 0.05) is 12.1 Å². The van der Waals surface area contributed by atoms with E-state index in [0.29, 0.717) is 12.6 Å². The fourth-order valence-electron chi connectivity index (χ4n) is 1.37. The molecule has 0 fully saturated rings. The second kappa shape index (κ2) is 5.16. The van der Waals surface area contributed by atoms with Crippen molar-refractivity contribution in [3.05, 3.63) is 36.6 Å². The maximum atomic E-state index is 10.3. The zero-order chi connectivity index (χ0) is 12.1. The van der Waals surface area contributed by atoms with Crippen molar-refractivity contribution >= 4 is 12.0 Å². The number of carboxylic acids is 1. The lowest BCUT2D eigenvalue weighted by Gasteiger charge is -1.97. The van der Waals surface area contributed by atoms with Crippen LogP contribution in [0, 0.1) is 0 Å². The summed E-state index contributed by atoms with van der Waals surface area (Å²) >= 11 is 0. The molecule has 2 aromatic rings. The topological polar surface area (TPSA) is 75.4 Å². The Morgan fingerprint density at radius 3 is 2.82 bits per heavy atom. The van der Waals surface area contributed by atoms with E-state index in [1.807, 2.05) is 30.3 Å². The summed E-state index contributed by atoms with van der Waals surface area (Å²) in [4.78, 5) is 14.5. The Labute approximate surface area is 98.1 Å². The first-order chi connectivity index (χ1) is 8.25. The van der Waals surface area contributed by atoms with Crippen LogP contribution >= 0.6 is 0 Å². The van der Waals surface area contributed by atoms with Gasteiger partial charge in [-0.05, 0) is 0 Å². The maximum absolute atomic E-state index is 10.3. The molecule has 17 heavy (non-hydrogen) atoms. The highest BCUT2D eigenvalue weighted by Gasteiger charge is 2.05. The van der Waals surface area contributed by atoms with Gasteiger partial charge in [-0.1, -0.05) is 30.3 Å². The third-order valence-electron chi connectivity index (χ3n) is 2.19. The summed E-state index contributed by atoms with van der Waals surface area (Å²) in [6.07, 6.45) is 1.57. The molecule has 0 spiro atoms. The number of carbonyl (C=O) groups is 1. The molecule has 1 aromatic heterocycles. The minimum atomic E-state index is -0.854. The van der Waals surface area contributed by atoms with Gasteiger partial charge in [-0.3, -0.25) is 4.79 Å². The number of benzene rings is 1. The number of hydrogen-bond donors (Lipinski definition) is 2. The Morgan fingerprint density at radius 1 is 1.35 bits per heavy atom. The van der Waals surface area contributed by atoms with Gasteiger partial charge in [0.2, 0.25) is 0 Å². The van der Waals surface area contributed by atoms with Gasteiger partial charge in [0.25, 0.3) is 6.01 Å². The molecule has 0 aliphatic rings. The quantitative estimate of drug-likeness (QED) is 0.826. The van der Waals surface area contributed by atoms with Crippen molar-refractivity contribution in [1.82, 2.24) is 4.98 Å². The molecule has 0 atom stereocenters. The number of rotatable bonds is 5. The number of nitrogens with one attached hydrogen (secondary N) is 1. The lowest BCUT2D eigenvalue weighted by molar-refractivity contribution is -0.136. The van der Waals surface area contributed by atoms with Crippen LogP contribution in [0.4, 0.5) is 6.01 Å². The van der Waals surface area contributed by atoms with Crippen LogP contribution in [0.1, 0.15) is 6.42 Å². The Kier molecular flexibility index (Phi) is 3.40. The number of aromatic nitrogens is 1. The minimum Gasteiger partial charge on any atom is -0.481 e. The van der Waals surface area contributed by atoms with Gasteiger partial charge in [0.15, 0.2) is 0 Å². The summed E-state index contributed by atoms with van der Waals surface area (Å²) in [5.74, 6) is -0.854. The van der Waals surface area contributed by atoms with Gasteiger partial charge in [-0.15, -0.1) is 0 Å². The van der Waals surface area contributed by atoms with Crippen LogP contribution in [0.5, 0.6) is 0 Å². The summed E-state index contributed by atoms with van der Waals surface area (Å²) < 4.78 is 5.19. The monoisotopic (exact) mass is 232 g/mol.